The summed E-state index contributed by atoms with van der Waals surface area (Å²) in [7, 11) is 0. The van der Waals surface area contributed by atoms with E-state index in [-0.39, 0.29) is 0 Å². The van der Waals surface area contributed by atoms with Crippen LogP contribution in [0.4, 0.5) is 0 Å². The van der Waals surface area contributed by atoms with E-state index in [9.17, 15) is 9.90 Å². The molecular weight excluding hydrogens is 332 g/mol. The standard InChI is InChI=1S/C17H17BrO3/c1-12-3-2-4-13(11-12)16(17(19)20)9-10-21-15-7-5-14(18)6-8-15/h2-8,11,16H,9-10H2,1H3,(H,19,20). The maximum atomic E-state index is 11.4. The first-order valence-corrected chi connectivity index (χ1v) is 7.53. The van der Waals surface area contributed by atoms with Crippen LogP contribution in [-0.2, 0) is 4.79 Å². The van der Waals surface area contributed by atoms with Crippen molar-refractivity contribution >= 4 is 21.9 Å². The number of hydrogen-bond donors (Lipinski definition) is 1. The zero-order valence-corrected chi connectivity index (χ0v) is 13.3. The number of aliphatic carboxylic acids is 1. The van der Waals surface area contributed by atoms with Gasteiger partial charge in [-0.25, -0.2) is 0 Å². The Morgan fingerprint density at radius 3 is 2.57 bits per heavy atom. The second kappa shape index (κ2) is 7.27. The van der Waals surface area contributed by atoms with E-state index >= 15 is 0 Å². The summed E-state index contributed by atoms with van der Waals surface area (Å²) in [6.07, 6.45) is 0.439. The smallest absolute Gasteiger partial charge is 0.311 e. The van der Waals surface area contributed by atoms with Crippen molar-refractivity contribution in [2.75, 3.05) is 6.61 Å². The third-order valence-electron chi connectivity index (χ3n) is 3.23. The van der Waals surface area contributed by atoms with E-state index in [1.54, 1.807) is 0 Å². The molecule has 2 rings (SSSR count). The molecule has 0 aromatic heterocycles. The number of benzene rings is 2. The van der Waals surface area contributed by atoms with Crippen molar-refractivity contribution in [1.29, 1.82) is 0 Å². The molecule has 0 aliphatic heterocycles. The molecule has 2 aromatic rings. The highest BCUT2D eigenvalue weighted by Gasteiger charge is 2.19. The molecule has 0 fully saturated rings. The first kappa shape index (κ1) is 15.6. The number of carbonyl (C=O) groups is 1. The quantitative estimate of drug-likeness (QED) is 0.841. The van der Waals surface area contributed by atoms with Crippen LogP contribution in [-0.4, -0.2) is 17.7 Å². The van der Waals surface area contributed by atoms with Crippen LogP contribution in [0.2, 0.25) is 0 Å². The molecule has 0 bridgehead atoms. The molecule has 1 atom stereocenters. The van der Waals surface area contributed by atoms with E-state index in [0.717, 1.165) is 21.3 Å². The number of rotatable bonds is 6. The Labute approximate surface area is 132 Å². The Morgan fingerprint density at radius 2 is 1.95 bits per heavy atom. The van der Waals surface area contributed by atoms with Crippen LogP contribution >= 0.6 is 15.9 Å². The summed E-state index contributed by atoms with van der Waals surface area (Å²) < 4.78 is 6.59. The molecule has 0 radical (unpaired) electrons. The van der Waals surface area contributed by atoms with Gasteiger partial charge in [0, 0.05) is 4.47 Å². The van der Waals surface area contributed by atoms with Gasteiger partial charge in [-0.15, -0.1) is 0 Å². The van der Waals surface area contributed by atoms with Crippen molar-refractivity contribution in [1.82, 2.24) is 0 Å². The van der Waals surface area contributed by atoms with Gasteiger partial charge in [0.15, 0.2) is 0 Å². The molecule has 4 heteroatoms. The second-order valence-electron chi connectivity index (χ2n) is 4.90. The van der Waals surface area contributed by atoms with Crippen molar-refractivity contribution in [3.05, 3.63) is 64.1 Å². The molecular formula is C17H17BrO3. The van der Waals surface area contributed by atoms with Crippen molar-refractivity contribution in [2.45, 2.75) is 19.3 Å². The Morgan fingerprint density at radius 1 is 1.24 bits per heavy atom. The topological polar surface area (TPSA) is 46.5 Å². The minimum absolute atomic E-state index is 0.368. The fourth-order valence-corrected chi connectivity index (χ4v) is 2.41. The molecule has 0 heterocycles. The summed E-state index contributed by atoms with van der Waals surface area (Å²) in [4.78, 5) is 11.4. The van der Waals surface area contributed by atoms with Crippen molar-refractivity contribution < 1.29 is 14.6 Å². The van der Waals surface area contributed by atoms with Crippen molar-refractivity contribution in [3.63, 3.8) is 0 Å². The molecule has 1 unspecified atom stereocenters. The Kier molecular flexibility index (Phi) is 5.39. The maximum absolute atomic E-state index is 11.4. The molecule has 3 nitrogen and oxygen atoms in total. The van der Waals surface area contributed by atoms with Gasteiger partial charge in [0.25, 0.3) is 0 Å². The molecule has 0 saturated heterocycles. The molecule has 2 aromatic carbocycles. The molecule has 1 N–H and O–H groups in total. The third-order valence-corrected chi connectivity index (χ3v) is 3.76. The lowest BCUT2D eigenvalue weighted by molar-refractivity contribution is -0.139. The molecule has 0 aliphatic carbocycles. The predicted octanol–water partition coefficient (Wildman–Crippen LogP) is 4.39. The normalized spacial score (nSPS) is 11.9. The third kappa shape index (κ3) is 4.60. The number of carboxylic acids is 1. The zero-order valence-electron chi connectivity index (χ0n) is 11.8. The van der Waals surface area contributed by atoms with Crippen LogP contribution in [0.1, 0.15) is 23.5 Å². The predicted molar refractivity (Wildman–Crippen MR) is 85.8 cm³/mol. The lowest BCUT2D eigenvalue weighted by Crippen LogP contribution is -2.15. The fourth-order valence-electron chi connectivity index (χ4n) is 2.15. The van der Waals surface area contributed by atoms with E-state index in [1.165, 1.54) is 0 Å². The number of aryl methyl sites for hydroxylation is 1. The molecule has 110 valence electrons. The van der Waals surface area contributed by atoms with Crippen LogP contribution in [0.5, 0.6) is 5.75 Å². The first-order chi connectivity index (χ1) is 10.1. The van der Waals surface area contributed by atoms with Gasteiger partial charge in [0.2, 0.25) is 0 Å². The van der Waals surface area contributed by atoms with Gasteiger partial charge in [0.1, 0.15) is 5.75 Å². The number of carboxylic acid groups (broad SMARTS) is 1. The Hall–Kier alpha value is -1.81. The van der Waals surface area contributed by atoms with E-state index in [4.69, 9.17) is 4.74 Å². The van der Waals surface area contributed by atoms with Crippen LogP contribution in [0.15, 0.2) is 53.0 Å². The first-order valence-electron chi connectivity index (χ1n) is 6.74. The Bertz CT molecular complexity index is 608. The summed E-state index contributed by atoms with van der Waals surface area (Å²) in [6, 6.07) is 15.1. The lowest BCUT2D eigenvalue weighted by atomic mass is 9.95. The highest BCUT2D eigenvalue weighted by atomic mass is 79.9. The minimum atomic E-state index is -0.819. The van der Waals surface area contributed by atoms with Gasteiger partial charge in [-0.1, -0.05) is 45.8 Å². The summed E-state index contributed by atoms with van der Waals surface area (Å²) in [6.45, 7) is 2.33. The summed E-state index contributed by atoms with van der Waals surface area (Å²) in [5, 5.41) is 9.39. The van der Waals surface area contributed by atoms with Gasteiger partial charge in [-0.2, -0.15) is 0 Å². The zero-order chi connectivity index (χ0) is 15.2. The Balaban J connectivity index is 1.98. The summed E-state index contributed by atoms with van der Waals surface area (Å²) in [5.41, 5.74) is 1.88. The van der Waals surface area contributed by atoms with E-state index < -0.39 is 11.9 Å². The highest BCUT2D eigenvalue weighted by molar-refractivity contribution is 9.10. The van der Waals surface area contributed by atoms with E-state index in [1.807, 2.05) is 55.5 Å². The molecule has 0 aliphatic rings. The van der Waals surface area contributed by atoms with Crippen LogP contribution in [0.3, 0.4) is 0 Å². The van der Waals surface area contributed by atoms with Gasteiger partial charge in [0.05, 0.1) is 12.5 Å². The lowest BCUT2D eigenvalue weighted by Gasteiger charge is -2.14. The number of ether oxygens (including phenoxy) is 1. The second-order valence-corrected chi connectivity index (χ2v) is 5.81. The SMILES string of the molecule is Cc1cccc(C(CCOc2ccc(Br)cc2)C(=O)O)c1. The van der Waals surface area contributed by atoms with Gasteiger partial charge < -0.3 is 9.84 Å². The highest BCUT2D eigenvalue weighted by Crippen LogP contribution is 2.22. The maximum Gasteiger partial charge on any atom is 0.311 e. The fraction of sp³-hybridized carbons (Fsp3) is 0.235. The van der Waals surface area contributed by atoms with Gasteiger partial charge in [-0.3, -0.25) is 4.79 Å². The molecule has 0 spiro atoms. The molecule has 0 amide bonds. The number of halogens is 1. The monoisotopic (exact) mass is 348 g/mol. The van der Waals surface area contributed by atoms with Crippen LogP contribution in [0.25, 0.3) is 0 Å². The summed E-state index contributed by atoms with van der Waals surface area (Å²) >= 11 is 3.36. The van der Waals surface area contributed by atoms with Crippen molar-refractivity contribution in [2.24, 2.45) is 0 Å². The molecule has 21 heavy (non-hydrogen) atoms. The largest absolute Gasteiger partial charge is 0.494 e. The minimum Gasteiger partial charge on any atom is -0.494 e. The summed E-state index contributed by atoms with van der Waals surface area (Å²) in [5.74, 6) is -0.619. The van der Waals surface area contributed by atoms with Crippen LogP contribution in [0, 0.1) is 6.92 Å². The average Bonchev–Trinajstić information content (AvgIpc) is 2.45. The van der Waals surface area contributed by atoms with Gasteiger partial charge >= 0.3 is 5.97 Å². The van der Waals surface area contributed by atoms with Gasteiger partial charge in [-0.05, 0) is 43.2 Å². The van der Waals surface area contributed by atoms with E-state index in [2.05, 4.69) is 15.9 Å². The number of hydrogen-bond acceptors (Lipinski definition) is 2. The van der Waals surface area contributed by atoms with E-state index in [0.29, 0.717) is 13.0 Å². The average molecular weight is 349 g/mol. The van der Waals surface area contributed by atoms with Crippen molar-refractivity contribution in [3.8, 4) is 5.75 Å². The molecule has 0 saturated carbocycles. The van der Waals surface area contributed by atoms with Crippen LogP contribution < -0.4 is 4.74 Å².